The number of aliphatic hydroxyl groups is 1. The molecule has 0 atom stereocenters. The topological polar surface area (TPSA) is 67.2 Å². The number of carbonyl (C=O) groups excluding carboxylic acids is 1. The molecule has 0 saturated carbocycles. The normalized spacial score (nSPS) is 11.6. The Morgan fingerprint density at radius 1 is 1.50 bits per heavy atom. The summed E-state index contributed by atoms with van der Waals surface area (Å²) < 4.78 is 1.75. The maximum absolute atomic E-state index is 11.6. The van der Waals surface area contributed by atoms with Crippen molar-refractivity contribution in [2.75, 3.05) is 6.54 Å². The highest BCUT2D eigenvalue weighted by molar-refractivity contribution is 5.75. The highest BCUT2D eigenvalue weighted by Crippen LogP contribution is 2.12. The molecule has 1 aromatic heterocycles. The second-order valence-electron chi connectivity index (χ2n) is 4.74. The number of aromatic nitrogens is 2. The van der Waals surface area contributed by atoms with E-state index in [1.807, 2.05) is 27.0 Å². The third-order valence-electron chi connectivity index (χ3n) is 3.26. The molecule has 102 valence electrons. The van der Waals surface area contributed by atoms with Crippen LogP contribution in [0.15, 0.2) is 12.4 Å². The van der Waals surface area contributed by atoms with Crippen molar-refractivity contribution in [3.05, 3.63) is 18.0 Å². The summed E-state index contributed by atoms with van der Waals surface area (Å²) >= 11 is 0. The molecular weight excluding hydrogens is 230 g/mol. The Labute approximate surface area is 108 Å². The van der Waals surface area contributed by atoms with E-state index in [1.165, 1.54) is 0 Å². The molecule has 0 bridgehead atoms. The number of amides is 1. The van der Waals surface area contributed by atoms with Gasteiger partial charge in [-0.15, -0.1) is 0 Å². The first-order chi connectivity index (χ1) is 8.49. The van der Waals surface area contributed by atoms with Crippen LogP contribution in [0.4, 0.5) is 0 Å². The van der Waals surface area contributed by atoms with Crippen molar-refractivity contribution in [2.24, 2.45) is 0 Å². The molecule has 0 fully saturated rings. The Bertz CT molecular complexity index is 383. The van der Waals surface area contributed by atoms with Crippen LogP contribution in [-0.4, -0.2) is 32.9 Å². The summed E-state index contributed by atoms with van der Waals surface area (Å²) in [6, 6.07) is 0. The molecule has 5 heteroatoms. The molecule has 1 rings (SSSR count). The Morgan fingerprint density at radius 2 is 2.17 bits per heavy atom. The molecule has 0 spiro atoms. The number of rotatable bonds is 7. The zero-order chi connectivity index (χ0) is 13.6. The number of carbonyl (C=O) groups is 1. The molecule has 0 aliphatic rings. The molecular formula is C13H23N3O2. The van der Waals surface area contributed by atoms with Gasteiger partial charge in [0, 0.05) is 25.7 Å². The van der Waals surface area contributed by atoms with E-state index >= 15 is 0 Å². The van der Waals surface area contributed by atoms with Gasteiger partial charge >= 0.3 is 0 Å². The fraction of sp³-hybridized carbons (Fsp3) is 0.692. The molecule has 2 N–H and O–H groups in total. The molecule has 0 aromatic carbocycles. The molecule has 5 nitrogen and oxygen atoms in total. The highest BCUT2D eigenvalue weighted by atomic mass is 16.3. The van der Waals surface area contributed by atoms with Gasteiger partial charge < -0.3 is 10.4 Å². The highest BCUT2D eigenvalue weighted by Gasteiger charge is 2.22. The van der Waals surface area contributed by atoms with E-state index in [4.69, 9.17) is 0 Å². The first kappa shape index (κ1) is 14.7. The van der Waals surface area contributed by atoms with E-state index in [0.29, 0.717) is 32.4 Å². The van der Waals surface area contributed by atoms with Crippen molar-refractivity contribution in [2.45, 2.75) is 52.2 Å². The Hall–Kier alpha value is -1.36. The van der Waals surface area contributed by atoms with Crippen LogP contribution in [0.5, 0.6) is 0 Å². The maximum atomic E-state index is 11.6. The molecule has 0 aliphatic carbocycles. The first-order valence-corrected chi connectivity index (χ1v) is 6.47. The van der Waals surface area contributed by atoms with Gasteiger partial charge in [0.25, 0.3) is 0 Å². The monoisotopic (exact) mass is 253 g/mol. The van der Waals surface area contributed by atoms with Crippen LogP contribution in [-0.2, 0) is 11.3 Å². The molecule has 18 heavy (non-hydrogen) atoms. The average molecular weight is 253 g/mol. The summed E-state index contributed by atoms with van der Waals surface area (Å²) in [5, 5.41) is 16.9. The smallest absolute Gasteiger partial charge is 0.221 e. The quantitative estimate of drug-likeness (QED) is 0.768. The second kappa shape index (κ2) is 6.54. The minimum absolute atomic E-state index is 0.0523. The second-order valence-corrected chi connectivity index (χ2v) is 4.74. The van der Waals surface area contributed by atoms with E-state index in [0.717, 1.165) is 5.56 Å². The van der Waals surface area contributed by atoms with Crippen molar-refractivity contribution in [3.63, 3.8) is 0 Å². The van der Waals surface area contributed by atoms with Crippen molar-refractivity contribution in [3.8, 4) is 0 Å². The van der Waals surface area contributed by atoms with Gasteiger partial charge in [-0.05, 0) is 25.3 Å². The molecule has 1 amide bonds. The van der Waals surface area contributed by atoms with Crippen molar-refractivity contribution >= 4 is 5.91 Å². The summed E-state index contributed by atoms with van der Waals surface area (Å²) in [4.78, 5) is 11.6. The summed E-state index contributed by atoms with van der Waals surface area (Å²) in [5.74, 6) is -0.0523. The summed E-state index contributed by atoms with van der Waals surface area (Å²) in [6.45, 7) is 6.68. The lowest BCUT2D eigenvalue weighted by Gasteiger charge is -2.25. The van der Waals surface area contributed by atoms with Gasteiger partial charge in [-0.1, -0.05) is 13.8 Å². The number of nitrogens with one attached hydrogen (secondary N) is 1. The van der Waals surface area contributed by atoms with Crippen molar-refractivity contribution in [1.29, 1.82) is 0 Å². The van der Waals surface area contributed by atoms with Gasteiger partial charge in [0.05, 0.1) is 11.8 Å². The number of hydrogen-bond acceptors (Lipinski definition) is 3. The minimum atomic E-state index is -0.780. The molecule has 0 radical (unpaired) electrons. The van der Waals surface area contributed by atoms with Crippen LogP contribution >= 0.6 is 0 Å². The molecule has 0 aliphatic heterocycles. The van der Waals surface area contributed by atoms with E-state index in [2.05, 4.69) is 10.4 Å². The fourth-order valence-corrected chi connectivity index (χ4v) is 1.66. The summed E-state index contributed by atoms with van der Waals surface area (Å²) in [6.07, 6.45) is 5.33. The maximum Gasteiger partial charge on any atom is 0.221 e. The molecule has 0 unspecified atom stereocenters. The number of nitrogens with zero attached hydrogens (tertiary/aromatic N) is 2. The van der Waals surface area contributed by atoms with Crippen LogP contribution in [0.3, 0.4) is 0 Å². The Morgan fingerprint density at radius 3 is 2.67 bits per heavy atom. The van der Waals surface area contributed by atoms with Crippen molar-refractivity contribution < 1.29 is 9.90 Å². The molecule has 1 aromatic rings. The summed E-state index contributed by atoms with van der Waals surface area (Å²) in [5.41, 5.74) is 0.305. The van der Waals surface area contributed by atoms with Crippen molar-refractivity contribution in [1.82, 2.24) is 15.1 Å². The standard InChI is InChI=1S/C13H23N3O2/c1-4-13(18,5-2)10-14-12(17)6-7-16-9-11(3)8-15-16/h8-9,18H,4-7,10H2,1-3H3,(H,14,17). The van der Waals surface area contributed by atoms with E-state index in [1.54, 1.807) is 10.9 Å². The van der Waals surface area contributed by atoms with E-state index < -0.39 is 5.60 Å². The zero-order valence-corrected chi connectivity index (χ0v) is 11.4. The van der Waals surface area contributed by atoms with Gasteiger partial charge in [-0.2, -0.15) is 5.10 Å². The summed E-state index contributed by atoms with van der Waals surface area (Å²) in [7, 11) is 0. The van der Waals surface area contributed by atoms with Gasteiger partial charge in [-0.25, -0.2) is 0 Å². The predicted octanol–water partition coefficient (Wildman–Crippen LogP) is 1.25. The number of hydrogen-bond donors (Lipinski definition) is 2. The third-order valence-corrected chi connectivity index (χ3v) is 3.26. The zero-order valence-electron chi connectivity index (χ0n) is 11.4. The average Bonchev–Trinajstić information content (AvgIpc) is 2.79. The fourth-order valence-electron chi connectivity index (χ4n) is 1.66. The Balaban J connectivity index is 2.30. The van der Waals surface area contributed by atoms with E-state index in [9.17, 15) is 9.90 Å². The van der Waals surface area contributed by atoms with Crippen LogP contribution in [0.25, 0.3) is 0 Å². The predicted molar refractivity (Wildman–Crippen MR) is 70.1 cm³/mol. The van der Waals surface area contributed by atoms with Crippen LogP contribution in [0.1, 0.15) is 38.7 Å². The largest absolute Gasteiger partial charge is 0.388 e. The van der Waals surface area contributed by atoms with Crippen LogP contribution in [0, 0.1) is 6.92 Å². The van der Waals surface area contributed by atoms with Gasteiger partial charge in [-0.3, -0.25) is 9.48 Å². The third kappa shape index (κ3) is 4.49. The van der Waals surface area contributed by atoms with Gasteiger partial charge in [0.1, 0.15) is 0 Å². The van der Waals surface area contributed by atoms with E-state index in [-0.39, 0.29) is 5.91 Å². The van der Waals surface area contributed by atoms with Crippen LogP contribution < -0.4 is 5.32 Å². The molecule has 0 saturated heterocycles. The molecule has 1 heterocycles. The minimum Gasteiger partial charge on any atom is -0.388 e. The number of aryl methyl sites for hydroxylation is 2. The lowest BCUT2D eigenvalue weighted by atomic mass is 9.97. The van der Waals surface area contributed by atoms with Gasteiger partial charge in [0.15, 0.2) is 0 Å². The first-order valence-electron chi connectivity index (χ1n) is 6.47. The lowest BCUT2D eigenvalue weighted by Crippen LogP contribution is -2.42. The SMILES string of the molecule is CCC(O)(CC)CNC(=O)CCn1cc(C)cn1. The Kier molecular flexibility index (Phi) is 5.34. The lowest BCUT2D eigenvalue weighted by molar-refractivity contribution is -0.122. The van der Waals surface area contributed by atoms with Gasteiger partial charge in [0.2, 0.25) is 5.91 Å². The van der Waals surface area contributed by atoms with Crippen LogP contribution in [0.2, 0.25) is 0 Å².